The zero-order valence-corrected chi connectivity index (χ0v) is 11.2. The van der Waals surface area contributed by atoms with Gasteiger partial charge in [0.05, 0.1) is 18.7 Å². The lowest BCUT2D eigenvalue weighted by Crippen LogP contribution is -2.63. The number of aromatic nitrogens is 2. The van der Waals surface area contributed by atoms with E-state index in [2.05, 4.69) is 4.98 Å². The number of carbonyl (C=O) groups excluding carboxylic acids is 1. The summed E-state index contributed by atoms with van der Waals surface area (Å²) in [5.41, 5.74) is -1.11. The van der Waals surface area contributed by atoms with E-state index in [1.165, 1.54) is 26.8 Å². The van der Waals surface area contributed by atoms with Crippen LogP contribution < -0.4 is 5.56 Å². The molecule has 7 heteroatoms. The predicted octanol–water partition coefficient (Wildman–Crippen LogP) is 0.353. The molecule has 0 radical (unpaired) electrons. The van der Waals surface area contributed by atoms with Crippen molar-refractivity contribution >= 4 is 22.2 Å². The molecule has 0 aromatic carbocycles. The van der Waals surface area contributed by atoms with Crippen LogP contribution in [-0.4, -0.2) is 44.0 Å². The Labute approximate surface area is 112 Å². The monoisotopic (exact) mass is 279 g/mol. The van der Waals surface area contributed by atoms with Crippen molar-refractivity contribution in [2.45, 2.75) is 18.9 Å². The maximum absolute atomic E-state index is 12.2. The van der Waals surface area contributed by atoms with E-state index in [9.17, 15) is 14.7 Å². The van der Waals surface area contributed by atoms with Crippen LogP contribution in [0.2, 0.25) is 0 Å². The van der Waals surface area contributed by atoms with Gasteiger partial charge in [0, 0.05) is 17.8 Å². The maximum Gasteiger partial charge on any atom is 0.271 e. The molecule has 0 atom stereocenters. The summed E-state index contributed by atoms with van der Waals surface area (Å²) in [4.78, 5) is 30.4. The van der Waals surface area contributed by atoms with Gasteiger partial charge in [-0.15, -0.1) is 11.3 Å². The maximum atomic E-state index is 12.2. The van der Waals surface area contributed by atoms with E-state index in [0.29, 0.717) is 11.4 Å². The second-order valence-corrected chi connectivity index (χ2v) is 5.64. The number of amides is 1. The minimum atomic E-state index is -0.800. The number of likely N-dealkylation sites (tertiary alicyclic amines) is 1. The molecular weight excluding hydrogens is 266 g/mol. The normalized spacial score (nSPS) is 17.5. The Balaban J connectivity index is 1.91. The van der Waals surface area contributed by atoms with E-state index in [1.807, 2.05) is 6.92 Å². The van der Waals surface area contributed by atoms with Crippen LogP contribution in [0.3, 0.4) is 0 Å². The lowest BCUT2D eigenvalue weighted by molar-refractivity contribution is -0.0827. The Morgan fingerprint density at radius 3 is 3.00 bits per heavy atom. The molecule has 1 saturated heterocycles. The quantitative estimate of drug-likeness (QED) is 0.861. The van der Waals surface area contributed by atoms with Crippen molar-refractivity contribution in [2.75, 3.05) is 13.1 Å². The molecule has 2 aromatic heterocycles. The first-order chi connectivity index (χ1) is 9.04. The Hall–Kier alpha value is -1.73. The van der Waals surface area contributed by atoms with Crippen molar-refractivity contribution in [3.05, 3.63) is 33.7 Å². The minimum absolute atomic E-state index is 0.0500. The average Bonchev–Trinajstić information content (AvgIpc) is 2.84. The Kier molecular flexibility index (Phi) is 2.68. The van der Waals surface area contributed by atoms with Gasteiger partial charge in [-0.3, -0.25) is 14.0 Å². The van der Waals surface area contributed by atoms with Gasteiger partial charge in [-0.2, -0.15) is 0 Å². The molecule has 1 N–H and O–H groups in total. The highest BCUT2D eigenvalue weighted by Crippen LogP contribution is 2.25. The van der Waals surface area contributed by atoms with Crippen LogP contribution in [0.25, 0.3) is 4.96 Å². The van der Waals surface area contributed by atoms with Crippen molar-refractivity contribution in [1.82, 2.24) is 14.3 Å². The molecule has 0 bridgehead atoms. The Morgan fingerprint density at radius 1 is 1.58 bits per heavy atom. The molecule has 19 heavy (non-hydrogen) atoms. The summed E-state index contributed by atoms with van der Waals surface area (Å²) in [7, 11) is 0. The molecule has 1 amide bonds. The third-order valence-corrected chi connectivity index (χ3v) is 4.26. The van der Waals surface area contributed by atoms with Crippen molar-refractivity contribution in [1.29, 1.82) is 0 Å². The van der Waals surface area contributed by atoms with Crippen molar-refractivity contribution < 1.29 is 9.90 Å². The topological polar surface area (TPSA) is 74.9 Å². The van der Waals surface area contributed by atoms with Crippen molar-refractivity contribution in [2.24, 2.45) is 0 Å². The largest absolute Gasteiger partial charge is 0.386 e. The minimum Gasteiger partial charge on any atom is -0.386 e. The van der Waals surface area contributed by atoms with E-state index in [-0.39, 0.29) is 30.1 Å². The van der Waals surface area contributed by atoms with E-state index in [1.54, 1.807) is 11.6 Å². The summed E-state index contributed by atoms with van der Waals surface area (Å²) in [6, 6.07) is 0. The summed E-state index contributed by atoms with van der Waals surface area (Å²) in [5.74, 6) is -0.365. The number of hydrogen-bond donors (Lipinski definition) is 1. The second-order valence-electron chi connectivity index (χ2n) is 4.77. The molecule has 3 heterocycles. The fraction of sp³-hybridized carbons (Fsp3) is 0.417. The van der Waals surface area contributed by atoms with Gasteiger partial charge in [0.2, 0.25) is 0 Å². The first kappa shape index (κ1) is 12.3. The molecule has 100 valence electrons. The highest BCUT2D eigenvalue weighted by molar-refractivity contribution is 7.15. The number of hydrogen-bond acceptors (Lipinski definition) is 5. The summed E-state index contributed by atoms with van der Waals surface area (Å²) < 4.78 is 1.36. The summed E-state index contributed by atoms with van der Waals surface area (Å²) in [6.07, 6.45) is 3.52. The zero-order valence-electron chi connectivity index (χ0n) is 10.4. The van der Waals surface area contributed by atoms with Crippen LogP contribution >= 0.6 is 11.3 Å². The molecule has 2 aromatic rings. The van der Waals surface area contributed by atoms with Crippen LogP contribution in [0.15, 0.2) is 22.6 Å². The Morgan fingerprint density at radius 2 is 2.32 bits per heavy atom. The number of thiazole rings is 1. The van der Waals surface area contributed by atoms with E-state index >= 15 is 0 Å². The molecule has 3 rings (SSSR count). The lowest BCUT2D eigenvalue weighted by atomic mass is 9.91. The number of nitrogens with zero attached hydrogens (tertiary/aromatic N) is 3. The molecule has 0 aliphatic carbocycles. The van der Waals surface area contributed by atoms with Crippen LogP contribution in [0.1, 0.15) is 23.7 Å². The average molecular weight is 279 g/mol. The van der Waals surface area contributed by atoms with Crippen molar-refractivity contribution in [3.63, 3.8) is 0 Å². The standard InChI is InChI=1S/C12H13N3O3S/c1-2-12(18)6-14(7-12)9(16)8-5-13-11-15(10(8)17)3-4-19-11/h3-5,18H,2,6-7H2,1H3. The number of carbonyl (C=O) groups is 1. The molecule has 6 nitrogen and oxygen atoms in total. The molecule has 0 spiro atoms. The molecule has 0 saturated carbocycles. The third kappa shape index (κ3) is 1.85. The summed E-state index contributed by atoms with van der Waals surface area (Å²) >= 11 is 1.34. The number of aliphatic hydroxyl groups is 1. The third-order valence-electron chi connectivity index (χ3n) is 3.49. The van der Waals surface area contributed by atoms with Crippen molar-refractivity contribution in [3.8, 4) is 0 Å². The second kappa shape index (κ2) is 4.14. The summed E-state index contributed by atoms with van der Waals surface area (Å²) in [6.45, 7) is 2.41. The predicted molar refractivity (Wildman–Crippen MR) is 70.5 cm³/mol. The van der Waals surface area contributed by atoms with Crippen LogP contribution in [0.5, 0.6) is 0 Å². The van der Waals surface area contributed by atoms with Gasteiger partial charge in [0.25, 0.3) is 11.5 Å². The van der Waals surface area contributed by atoms with Gasteiger partial charge in [0.1, 0.15) is 5.56 Å². The molecule has 0 unspecified atom stereocenters. The van der Waals surface area contributed by atoms with Gasteiger partial charge in [-0.25, -0.2) is 4.98 Å². The zero-order chi connectivity index (χ0) is 13.6. The Bertz CT molecular complexity index is 700. The van der Waals surface area contributed by atoms with Crippen LogP contribution in [0, 0.1) is 0 Å². The van der Waals surface area contributed by atoms with Gasteiger partial charge in [0.15, 0.2) is 4.96 Å². The summed E-state index contributed by atoms with van der Waals surface area (Å²) in [5, 5.41) is 11.6. The van der Waals surface area contributed by atoms with Crippen LogP contribution in [0.4, 0.5) is 0 Å². The number of rotatable bonds is 2. The van der Waals surface area contributed by atoms with E-state index in [0.717, 1.165) is 0 Å². The first-order valence-corrected chi connectivity index (χ1v) is 6.88. The molecule has 1 aliphatic rings. The SMILES string of the molecule is CCC1(O)CN(C(=O)c2cnc3sccn3c2=O)C1. The fourth-order valence-electron chi connectivity index (χ4n) is 2.17. The number of β-amino-alcohol motifs (C(OH)–C–C–N with tert-alkyl or cyclic N) is 1. The van der Waals surface area contributed by atoms with E-state index in [4.69, 9.17) is 0 Å². The lowest BCUT2D eigenvalue weighted by Gasteiger charge is -2.45. The van der Waals surface area contributed by atoms with Crippen LogP contribution in [-0.2, 0) is 0 Å². The fourth-order valence-corrected chi connectivity index (χ4v) is 2.85. The molecular formula is C12H13N3O3S. The van der Waals surface area contributed by atoms with Gasteiger partial charge >= 0.3 is 0 Å². The van der Waals surface area contributed by atoms with E-state index < -0.39 is 5.60 Å². The first-order valence-electron chi connectivity index (χ1n) is 6.00. The smallest absolute Gasteiger partial charge is 0.271 e. The highest BCUT2D eigenvalue weighted by atomic mass is 32.1. The number of fused-ring (bicyclic) bond motifs is 1. The van der Waals surface area contributed by atoms with Gasteiger partial charge in [-0.05, 0) is 6.42 Å². The highest BCUT2D eigenvalue weighted by Gasteiger charge is 2.42. The molecule has 1 aliphatic heterocycles. The van der Waals surface area contributed by atoms with Gasteiger partial charge < -0.3 is 10.0 Å². The van der Waals surface area contributed by atoms with Gasteiger partial charge in [-0.1, -0.05) is 6.92 Å². The molecule has 1 fully saturated rings.